The summed E-state index contributed by atoms with van der Waals surface area (Å²) >= 11 is -0.570. The summed E-state index contributed by atoms with van der Waals surface area (Å²) in [6.45, 7) is 13.5. The molecule has 1 aromatic carbocycles. The van der Waals surface area contributed by atoms with Gasteiger partial charge in [-0.05, 0) is 0 Å². The fraction of sp³-hybridized carbons (Fsp3) is 0.412. The molecule has 2 rings (SSSR count). The Labute approximate surface area is 150 Å². The first-order valence-electron chi connectivity index (χ1n) is 6.74. The van der Waals surface area contributed by atoms with Crippen LogP contribution < -0.4 is 3.32 Å². The summed E-state index contributed by atoms with van der Waals surface area (Å²) in [6.07, 6.45) is 0. The van der Waals surface area contributed by atoms with Gasteiger partial charge in [0.05, 0.1) is 0 Å². The van der Waals surface area contributed by atoms with Gasteiger partial charge in [-0.2, -0.15) is 0 Å². The smallest absolute Gasteiger partial charge is 0.147 e. The number of rotatable bonds is 3. The Balaban J connectivity index is 0.00000200. The molecule has 0 radical (unpaired) electrons. The van der Waals surface area contributed by atoms with Crippen LogP contribution in [0.3, 0.4) is 0 Å². The molecule has 0 atom stereocenters. The second-order valence-corrected chi connectivity index (χ2v) is 7.26. The monoisotopic (exact) mass is 362 g/mol. The maximum atomic E-state index is 6.16. The van der Waals surface area contributed by atoms with Crippen LogP contribution in [0.5, 0.6) is 5.75 Å². The van der Waals surface area contributed by atoms with Gasteiger partial charge in [-0.3, -0.25) is 0 Å². The van der Waals surface area contributed by atoms with Crippen molar-refractivity contribution in [3.8, 4) is 5.75 Å². The first kappa shape index (κ1) is 20.8. The number of halogens is 2. The molecular weight excluding hydrogens is 339 g/mol. The molecule has 21 heavy (non-hydrogen) atoms. The van der Waals surface area contributed by atoms with Crippen molar-refractivity contribution in [3.63, 3.8) is 0 Å². The number of benzene rings is 1. The molecule has 0 aliphatic heterocycles. The maximum absolute atomic E-state index is 6.16. The van der Waals surface area contributed by atoms with Crippen LogP contribution in [0.4, 0.5) is 0 Å². The summed E-state index contributed by atoms with van der Waals surface area (Å²) < 4.78 is 7.70. The van der Waals surface area contributed by atoms with Gasteiger partial charge in [0.2, 0.25) is 0 Å². The molecule has 1 aromatic rings. The zero-order valence-corrected chi connectivity index (χ0v) is 16.7. The molecule has 1 nitrogen and oxygen atoms in total. The van der Waals surface area contributed by atoms with Gasteiger partial charge >= 0.3 is 126 Å². The molecule has 4 heteroatoms. The van der Waals surface area contributed by atoms with E-state index in [2.05, 4.69) is 59.7 Å². The predicted octanol–water partition coefficient (Wildman–Crippen LogP) is 5.87. The molecular formula is C17H24Cl2OTi. The van der Waals surface area contributed by atoms with Gasteiger partial charge in [-0.15, -0.1) is 24.8 Å². The maximum Gasteiger partial charge on any atom is -0.147 e. The molecule has 1 aliphatic rings. The van der Waals surface area contributed by atoms with E-state index in [-0.39, 0.29) is 30.2 Å². The first-order valence-corrected chi connectivity index (χ1v) is 8.15. The number of hydrogen-bond donors (Lipinski definition) is 0. The molecule has 0 N–H and O–H groups in total. The van der Waals surface area contributed by atoms with E-state index in [0.29, 0.717) is 0 Å². The Morgan fingerprint density at radius 1 is 0.905 bits per heavy atom. The zero-order chi connectivity index (χ0) is 14.2. The number of aryl methyl sites for hydroxylation is 1. The van der Waals surface area contributed by atoms with Gasteiger partial charge < -0.3 is 0 Å². The Kier molecular flexibility index (Phi) is 7.80. The third-order valence-corrected chi connectivity index (χ3v) is 6.80. The standard InChI is InChI=1S/C10H15.C7H8O.2ClH.Ti/c1-7-6-10(4,5)9(3)8(7)2;1-6-4-2-3-5-7(6)8;;;/h1-5H3;2-5,8H,1H3;2*1H;/q;;;;+1/p-1. The van der Waals surface area contributed by atoms with Crippen LogP contribution >= 0.6 is 24.8 Å². The second-order valence-electron chi connectivity index (χ2n) is 5.84. The minimum absolute atomic E-state index is 0. The van der Waals surface area contributed by atoms with Crippen LogP contribution in [0, 0.1) is 12.3 Å². The topological polar surface area (TPSA) is 9.23 Å². The Morgan fingerprint density at radius 3 is 1.95 bits per heavy atom. The molecule has 0 aromatic heterocycles. The quantitative estimate of drug-likeness (QED) is 0.611. The molecule has 0 unspecified atom stereocenters. The molecule has 1 aliphatic carbocycles. The number of hydrogen-bond acceptors (Lipinski definition) is 1. The fourth-order valence-electron chi connectivity index (χ4n) is 2.57. The normalized spacial score (nSPS) is 16.3. The van der Waals surface area contributed by atoms with E-state index in [0.717, 1.165) is 5.75 Å². The van der Waals surface area contributed by atoms with Crippen molar-refractivity contribution < 1.29 is 22.9 Å². The van der Waals surface area contributed by atoms with Crippen molar-refractivity contribution in [2.75, 3.05) is 0 Å². The van der Waals surface area contributed by atoms with E-state index < -0.39 is 19.5 Å². The van der Waals surface area contributed by atoms with E-state index in [4.69, 9.17) is 3.32 Å². The predicted molar refractivity (Wildman–Crippen MR) is 91.2 cm³/mol. The molecule has 0 saturated carbocycles. The van der Waals surface area contributed by atoms with Crippen LogP contribution in [0.25, 0.3) is 0 Å². The Bertz CT molecular complexity index is 574. The third kappa shape index (κ3) is 3.96. The third-order valence-electron chi connectivity index (χ3n) is 4.42. The van der Waals surface area contributed by atoms with E-state index in [1.165, 1.54) is 26.2 Å². The zero-order valence-electron chi connectivity index (χ0n) is 13.5. The summed E-state index contributed by atoms with van der Waals surface area (Å²) in [7, 11) is 0. The first-order chi connectivity index (χ1) is 8.85. The molecule has 0 fully saturated rings. The van der Waals surface area contributed by atoms with Crippen molar-refractivity contribution in [1.82, 2.24) is 0 Å². The molecule has 0 saturated heterocycles. The van der Waals surface area contributed by atoms with Crippen LogP contribution in [0.15, 0.2) is 44.9 Å². The average molecular weight is 363 g/mol. The van der Waals surface area contributed by atoms with E-state index in [1.807, 2.05) is 6.07 Å². The van der Waals surface area contributed by atoms with Gasteiger partial charge in [0.15, 0.2) is 0 Å². The minimum atomic E-state index is -0.570. The fourth-order valence-corrected chi connectivity index (χ4v) is 4.49. The number of para-hydroxylation sites is 1. The minimum Gasteiger partial charge on any atom is -0.147 e. The number of allylic oxidation sites excluding steroid dienone is 4. The summed E-state index contributed by atoms with van der Waals surface area (Å²) in [5.74, 6) is 1.04. The van der Waals surface area contributed by atoms with Crippen LogP contribution in [0.1, 0.15) is 40.2 Å². The molecule has 0 heterocycles. The van der Waals surface area contributed by atoms with Crippen molar-refractivity contribution in [2.24, 2.45) is 5.41 Å². The van der Waals surface area contributed by atoms with Gasteiger partial charge in [0.25, 0.3) is 0 Å². The largest absolute Gasteiger partial charge is 0.147 e. The van der Waals surface area contributed by atoms with Gasteiger partial charge in [-0.1, -0.05) is 0 Å². The molecule has 0 amide bonds. The van der Waals surface area contributed by atoms with Gasteiger partial charge in [0, 0.05) is 0 Å². The molecule has 116 valence electrons. The van der Waals surface area contributed by atoms with E-state index in [9.17, 15) is 0 Å². The van der Waals surface area contributed by atoms with Gasteiger partial charge in [0.1, 0.15) is 0 Å². The Hall–Kier alpha value is -0.206. The van der Waals surface area contributed by atoms with E-state index in [1.54, 1.807) is 0 Å². The van der Waals surface area contributed by atoms with Crippen LogP contribution in [-0.4, -0.2) is 0 Å². The van der Waals surface area contributed by atoms with Gasteiger partial charge in [-0.25, -0.2) is 0 Å². The Morgan fingerprint density at radius 2 is 1.48 bits per heavy atom. The SMILES string of the molecule is CC1=C(C)C(C)(C)[C]([Ti][O]c2ccccc2C)=C1C.Cl.Cl. The molecule has 0 spiro atoms. The summed E-state index contributed by atoms with van der Waals surface area (Å²) in [4.78, 5) is 0. The summed E-state index contributed by atoms with van der Waals surface area (Å²) in [5, 5.41) is 0. The van der Waals surface area contributed by atoms with Crippen LogP contribution in [0.2, 0.25) is 0 Å². The van der Waals surface area contributed by atoms with Crippen molar-refractivity contribution in [3.05, 3.63) is 50.4 Å². The van der Waals surface area contributed by atoms with E-state index >= 15 is 0 Å². The van der Waals surface area contributed by atoms with Crippen molar-refractivity contribution >= 4 is 24.8 Å². The molecule has 0 bridgehead atoms. The van der Waals surface area contributed by atoms with Crippen LogP contribution in [-0.2, 0) is 19.5 Å². The summed E-state index contributed by atoms with van der Waals surface area (Å²) in [5.41, 5.74) is 5.81. The average Bonchev–Trinajstić information content (AvgIpc) is 2.51. The van der Waals surface area contributed by atoms with Crippen molar-refractivity contribution in [1.29, 1.82) is 0 Å². The second kappa shape index (κ2) is 7.88. The summed E-state index contributed by atoms with van der Waals surface area (Å²) in [6, 6.07) is 8.29. The van der Waals surface area contributed by atoms with Crippen molar-refractivity contribution in [2.45, 2.75) is 41.5 Å².